The molecular formula is C9H9Cl2FO3S. The zero-order chi connectivity index (χ0) is 12.2. The number of hydrogen-bond donors (Lipinski definition) is 0. The predicted octanol–water partition coefficient (Wildman–Crippen LogP) is 2.82. The van der Waals surface area contributed by atoms with Gasteiger partial charge in [-0.3, -0.25) is 0 Å². The van der Waals surface area contributed by atoms with E-state index >= 15 is 0 Å². The first-order valence-electron chi connectivity index (χ1n) is 4.39. The van der Waals surface area contributed by atoms with E-state index in [1.807, 2.05) is 0 Å². The van der Waals surface area contributed by atoms with Gasteiger partial charge in [-0.05, 0) is 24.6 Å². The number of ether oxygens (including phenoxy) is 1. The second kappa shape index (κ2) is 5.70. The normalized spacial score (nSPS) is 11.4. The standard InChI is InChI=1S/C9H9Cl2FO3S/c10-7-2-3-9(8(12)6-7)15-4-1-5-16(11,13)14/h2-3,6H,1,4-5H2. The van der Waals surface area contributed by atoms with E-state index < -0.39 is 14.9 Å². The van der Waals surface area contributed by atoms with Gasteiger partial charge in [-0.1, -0.05) is 11.6 Å². The van der Waals surface area contributed by atoms with Crippen LogP contribution in [0.15, 0.2) is 18.2 Å². The molecule has 3 nitrogen and oxygen atoms in total. The van der Waals surface area contributed by atoms with Gasteiger partial charge in [-0.25, -0.2) is 12.8 Å². The highest BCUT2D eigenvalue weighted by molar-refractivity contribution is 8.13. The lowest BCUT2D eigenvalue weighted by atomic mass is 10.3. The van der Waals surface area contributed by atoms with Crippen molar-refractivity contribution in [2.45, 2.75) is 6.42 Å². The van der Waals surface area contributed by atoms with Gasteiger partial charge in [0.25, 0.3) is 0 Å². The third-order valence-electron chi connectivity index (χ3n) is 1.68. The summed E-state index contributed by atoms with van der Waals surface area (Å²) in [6.45, 7) is 0.0739. The van der Waals surface area contributed by atoms with Crippen LogP contribution in [0.3, 0.4) is 0 Å². The van der Waals surface area contributed by atoms with Crippen molar-refractivity contribution in [1.82, 2.24) is 0 Å². The monoisotopic (exact) mass is 286 g/mol. The summed E-state index contributed by atoms with van der Waals surface area (Å²) in [6, 6.07) is 3.99. The molecule has 0 aromatic heterocycles. The van der Waals surface area contributed by atoms with Gasteiger partial charge in [0.05, 0.1) is 12.4 Å². The summed E-state index contributed by atoms with van der Waals surface area (Å²) < 4.78 is 39.3. The van der Waals surface area contributed by atoms with Crippen LogP contribution in [0.5, 0.6) is 5.75 Å². The Morgan fingerprint density at radius 2 is 2.06 bits per heavy atom. The molecule has 16 heavy (non-hydrogen) atoms. The lowest BCUT2D eigenvalue weighted by molar-refractivity contribution is 0.302. The highest BCUT2D eigenvalue weighted by atomic mass is 35.7. The lowest BCUT2D eigenvalue weighted by Gasteiger charge is -2.06. The minimum absolute atomic E-state index is 0.0383. The molecule has 90 valence electrons. The van der Waals surface area contributed by atoms with Crippen LogP contribution in [0.25, 0.3) is 0 Å². The molecule has 0 unspecified atom stereocenters. The molecule has 7 heteroatoms. The first-order valence-corrected chi connectivity index (χ1v) is 7.24. The fraction of sp³-hybridized carbons (Fsp3) is 0.333. The van der Waals surface area contributed by atoms with E-state index in [2.05, 4.69) is 0 Å². The smallest absolute Gasteiger partial charge is 0.232 e. The van der Waals surface area contributed by atoms with Crippen LogP contribution in [0.2, 0.25) is 5.02 Å². The van der Waals surface area contributed by atoms with Gasteiger partial charge in [0, 0.05) is 15.7 Å². The molecule has 0 bridgehead atoms. The molecule has 1 rings (SSSR count). The molecule has 0 atom stereocenters. The Morgan fingerprint density at radius 1 is 1.38 bits per heavy atom. The zero-order valence-corrected chi connectivity index (χ0v) is 10.4. The fourth-order valence-electron chi connectivity index (χ4n) is 1.01. The number of halogens is 3. The Labute approximate surface area is 103 Å². The number of rotatable bonds is 5. The maximum absolute atomic E-state index is 13.2. The molecule has 0 aliphatic heterocycles. The van der Waals surface area contributed by atoms with Gasteiger partial charge >= 0.3 is 0 Å². The molecule has 1 aromatic carbocycles. The summed E-state index contributed by atoms with van der Waals surface area (Å²) >= 11 is 5.55. The maximum atomic E-state index is 13.2. The van der Waals surface area contributed by atoms with Gasteiger partial charge in [-0.2, -0.15) is 0 Å². The van der Waals surface area contributed by atoms with Crippen molar-refractivity contribution in [3.63, 3.8) is 0 Å². The average molecular weight is 287 g/mol. The average Bonchev–Trinajstić information content (AvgIpc) is 2.13. The van der Waals surface area contributed by atoms with Crippen molar-refractivity contribution in [3.05, 3.63) is 29.0 Å². The highest BCUT2D eigenvalue weighted by Crippen LogP contribution is 2.21. The molecule has 0 saturated heterocycles. The van der Waals surface area contributed by atoms with Crippen LogP contribution >= 0.6 is 22.3 Å². The molecule has 0 spiro atoms. The molecule has 1 aromatic rings. The van der Waals surface area contributed by atoms with E-state index in [0.29, 0.717) is 0 Å². The first-order chi connectivity index (χ1) is 7.38. The summed E-state index contributed by atoms with van der Waals surface area (Å²) in [5, 5.41) is 0.271. The predicted molar refractivity (Wildman–Crippen MR) is 61.2 cm³/mol. The maximum Gasteiger partial charge on any atom is 0.232 e. The van der Waals surface area contributed by atoms with Crippen molar-refractivity contribution in [3.8, 4) is 5.75 Å². The van der Waals surface area contributed by atoms with E-state index in [-0.39, 0.29) is 29.6 Å². The van der Waals surface area contributed by atoms with Gasteiger partial charge in [0.1, 0.15) is 0 Å². The van der Waals surface area contributed by atoms with Crippen molar-refractivity contribution in [2.75, 3.05) is 12.4 Å². The van der Waals surface area contributed by atoms with Gasteiger partial charge in [0.2, 0.25) is 9.05 Å². The third kappa shape index (κ3) is 5.01. The second-order valence-corrected chi connectivity index (χ2v) is 6.35. The van der Waals surface area contributed by atoms with Crippen LogP contribution < -0.4 is 4.74 Å². The van der Waals surface area contributed by atoms with Gasteiger partial charge in [-0.15, -0.1) is 0 Å². The van der Waals surface area contributed by atoms with E-state index in [1.54, 1.807) is 0 Å². The minimum Gasteiger partial charge on any atom is -0.490 e. The highest BCUT2D eigenvalue weighted by Gasteiger charge is 2.07. The van der Waals surface area contributed by atoms with E-state index in [1.165, 1.54) is 12.1 Å². The van der Waals surface area contributed by atoms with Crippen molar-refractivity contribution in [1.29, 1.82) is 0 Å². The molecule has 0 N–H and O–H groups in total. The van der Waals surface area contributed by atoms with Crippen LogP contribution in [-0.4, -0.2) is 20.8 Å². The first kappa shape index (κ1) is 13.5. The summed E-state index contributed by atoms with van der Waals surface area (Å²) in [4.78, 5) is 0. The van der Waals surface area contributed by atoms with Crippen LogP contribution in [0, 0.1) is 5.82 Å². The molecular weight excluding hydrogens is 278 g/mol. The van der Waals surface area contributed by atoms with Crippen LogP contribution in [0.4, 0.5) is 4.39 Å². The molecule has 0 aliphatic rings. The Balaban J connectivity index is 2.43. The zero-order valence-electron chi connectivity index (χ0n) is 8.12. The van der Waals surface area contributed by atoms with E-state index in [9.17, 15) is 12.8 Å². The molecule has 0 heterocycles. The van der Waals surface area contributed by atoms with Crippen molar-refractivity contribution >= 4 is 31.3 Å². The fourth-order valence-corrected chi connectivity index (χ4v) is 1.95. The Morgan fingerprint density at radius 3 is 2.62 bits per heavy atom. The molecule has 0 amide bonds. The van der Waals surface area contributed by atoms with Crippen molar-refractivity contribution < 1.29 is 17.5 Å². The third-order valence-corrected chi connectivity index (χ3v) is 3.16. The molecule has 0 saturated carbocycles. The van der Waals surface area contributed by atoms with Crippen molar-refractivity contribution in [2.24, 2.45) is 0 Å². The Hall–Kier alpha value is -0.520. The quantitative estimate of drug-likeness (QED) is 0.618. The van der Waals surface area contributed by atoms with Crippen LogP contribution in [0.1, 0.15) is 6.42 Å². The summed E-state index contributed by atoms with van der Waals surface area (Å²) in [5.74, 6) is -0.748. The summed E-state index contributed by atoms with van der Waals surface area (Å²) in [6.07, 6.45) is 0.202. The second-order valence-electron chi connectivity index (χ2n) is 3.02. The topological polar surface area (TPSA) is 43.4 Å². The number of hydrogen-bond acceptors (Lipinski definition) is 3. The molecule has 0 radical (unpaired) electrons. The van der Waals surface area contributed by atoms with Gasteiger partial charge < -0.3 is 4.74 Å². The Kier molecular flexibility index (Phi) is 4.83. The SMILES string of the molecule is O=S(=O)(Cl)CCCOc1ccc(Cl)cc1F. The summed E-state index contributed by atoms with van der Waals surface area (Å²) in [7, 11) is 1.47. The lowest BCUT2D eigenvalue weighted by Crippen LogP contribution is -2.05. The molecule has 0 fully saturated rings. The summed E-state index contributed by atoms with van der Waals surface area (Å²) in [5.41, 5.74) is 0. The molecule has 0 aliphatic carbocycles. The largest absolute Gasteiger partial charge is 0.490 e. The van der Waals surface area contributed by atoms with Gasteiger partial charge in [0.15, 0.2) is 11.6 Å². The Bertz CT molecular complexity index is 462. The van der Waals surface area contributed by atoms with Crippen LogP contribution in [-0.2, 0) is 9.05 Å². The minimum atomic E-state index is -3.52. The van der Waals surface area contributed by atoms with E-state index in [4.69, 9.17) is 27.0 Å². The van der Waals surface area contributed by atoms with E-state index in [0.717, 1.165) is 6.07 Å². The number of benzene rings is 1.